The zero-order valence-electron chi connectivity index (χ0n) is 15.5. The maximum Gasteiger partial charge on any atom is 0.237 e. The van der Waals surface area contributed by atoms with Crippen molar-refractivity contribution in [1.82, 2.24) is 9.80 Å². The third kappa shape index (κ3) is 4.46. The summed E-state index contributed by atoms with van der Waals surface area (Å²) in [5, 5.41) is -0.0165. The number of hydrogen-bond donors (Lipinski definition) is 0. The molecule has 1 saturated heterocycles. The normalized spacial score (nSPS) is 17.1. The fourth-order valence-corrected chi connectivity index (χ4v) is 4.55. The van der Waals surface area contributed by atoms with Crippen LogP contribution in [0.25, 0.3) is 0 Å². The molecule has 3 rings (SSSR count). The number of nitrogens with zero attached hydrogens (tertiary/aromatic N) is 2. The van der Waals surface area contributed by atoms with E-state index in [9.17, 15) is 9.18 Å². The van der Waals surface area contributed by atoms with E-state index in [-0.39, 0.29) is 17.1 Å². The lowest BCUT2D eigenvalue weighted by atomic mass is 10.1. The van der Waals surface area contributed by atoms with Crippen LogP contribution in [-0.2, 0) is 11.3 Å². The summed E-state index contributed by atoms with van der Waals surface area (Å²) < 4.78 is 13.2. The lowest BCUT2D eigenvalue weighted by Gasteiger charge is -2.27. The Kier molecular flexibility index (Phi) is 5.99. The molecule has 0 aliphatic carbocycles. The van der Waals surface area contributed by atoms with Crippen molar-refractivity contribution >= 4 is 17.7 Å². The van der Waals surface area contributed by atoms with E-state index in [2.05, 4.69) is 36.9 Å². The van der Waals surface area contributed by atoms with Crippen LogP contribution in [0.1, 0.15) is 27.6 Å². The number of halogens is 1. The maximum absolute atomic E-state index is 13.2. The molecular formula is C21H25FN2OS. The average molecular weight is 373 g/mol. The van der Waals surface area contributed by atoms with Crippen molar-refractivity contribution in [2.75, 3.05) is 25.9 Å². The van der Waals surface area contributed by atoms with Gasteiger partial charge in [0.05, 0.1) is 6.54 Å². The van der Waals surface area contributed by atoms with Crippen molar-refractivity contribution in [2.24, 2.45) is 0 Å². The molecule has 2 aromatic rings. The lowest BCUT2D eigenvalue weighted by molar-refractivity contribution is -0.132. The van der Waals surface area contributed by atoms with Gasteiger partial charge in [0, 0.05) is 18.8 Å². The molecule has 1 aliphatic heterocycles. The highest BCUT2D eigenvalue weighted by Crippen LogP contribution is 2.37. The topological polar surface area (TPSA) is 23.6 Å². The maximum atomic E-state index is 13.2. The molecule has 0 bridgehead atoms. The summed E-state index contributed by atoms with van der Waals surface area (Å²) in [5.41, 5.74) is 4.72. The van der Waals surface area contributed by atoms with Gasteiger partial charge >= 0.3 is 0 Å². The van der Waals surface area contributed by atoms with Gasteiger partial charge in [-0.2, -0.15) is 0 Å². The van der Waals surface area contributed by atoms with Gasteiger partial charge in [-0.1, -0.05) is 35.9 Å². The van der Waals surface area contributed by atoms with Crippen LogP contribution in [0.15, 0.2) is 42.5 Å². The fraction of sp³-hybridized carbons (Fsp3) is 0.381. The number of thioether (sulfide) groups is 1. The molecule has 3 nitrogen and oxygen atoms in total. The van der Waals surface area contributed by atoms with Crippen molar-refractivity contribution in [2.45, 2.75) is 25.8 Å². The molecule has 1 heterocycles. The summed E-state index contributed by atoms with van der Waals surface area (Å²) in [5.74, 6) is 0.786. The smallest absolute Gasteiger partial charge is 0.237 e. The van der Waals surface area contributed by atoms with Crippen LogP contribution in [0.4, 0.5) is 4.39 Å². The average Bonchev–Trinajstić information content (AvgIpc) is 3.08. The standard InChI is InChI=1S/C21H25FN2OS/c1-15-4-5-16(2)18(12-15)13-23(3)14-20(25)24-10-11-26-21(24)17-6-8-19(22)9-7-17/h4-9,12,21H,10-11,13-14H2,1-3H3/t21-/m1/s1. The van der Waals surface area contributed by atoms with E-state index in [0.717, 1.165) is 24.4 Å². The van der Waals surface area contributed by atoms with Crippen LogP contribution < -0.4 is 0 Å². The fourth-order valence-electron chi connectivity index (χ4n) is 3.27. The zero-order chi connectivity index (χ0) is 18.7. The van der Waals surface area contributed by atoms with Crippen LogP contribution >= 0.6 is 11.8 Å². The van der Waals surface area contributed by atoms with Crippen LogP contribution in [0.5, 0.6) is 0 Å². The molecule has 0 N–H and O–H groups in total. The van der Waals surface area contributed by atoms with Crippen LogP contribution in [0.3, 0.4) is 0 Å². The highest BCUT2D eigenvalue weighted by Gasteiger charge is 2.30. The number of hydrogen-bond acceptors (Lipinski definition) is 3. The molecular weight excluding hydrogens is 347 g/mol. The Bertz CT molecular complexity index is 778. The zero-order valence-corrected chi connectivity index (χ0v) is 16.4. The molecule has 0 unspecified atom stereocenters. The van der Waals surface area contributed by atoms with Gasteiger partial charge in [0.2, 0.25) is 5.91 Å². The summed E-state index contributed by atoms with van der Waals surface area (Å²) >= 11 is 1.74. The van der Waals surface area contributed by atoms with Gasteiger partial charge < -0.3 is 4.90 Å². The minimum atomic E-state index is -0.247. The van der Waals surface area contributed by atoms with Crippen molar-refractivity contribution < 1.29 is 9.18 Å². The van der Waals surface area contributed by atoms with Gasteiger partial charge in [0.15, 0.2) is 0 Å². The first kappa shape index (κ1) is 18.9. The minimum absolute atomic E-state index is 0.0165. The number of carbonyl (C=O) groups excluding carboxylic acids is 1. The first-order valence-electron chi connectivity index (χ1n) is 8.85. The quantitative estimate of drug-likeness (QED) is 0.788. The summed E-state index contributed by atoms with van der Waals surface area (Å²) in [7, 11) is 1.98. The Hall–Kier alpha value is -1.85. The molecule has 5 heteroatoms. The highest BCUT2D eigenvalue weighted by molar-refractivity contribution is 7.99. The van der Waals surface area contributed by atoms with Gasteiger partial charge in [-0.3, -0.25) is 9.69 Å². The first-order chi connectivity index (χ1) is 12.4. The van der Waals surface area contributed by atoms with Crippen molar-refractivity contribution in [1.29, 1.82) is 0 Å². The second-order valence-corrected chi connectivity index (χ2v) is 8.15. The molecule has 1 amide bonds. The van der Waals surface area contributed by atoms with E-state index >= 15 is 0 Å². The molecule has 0 spiro atoms. The van der Waals surface area contributed by atoms with E-state index in [1.54, 1.807) is 23.9 Å². The highest BCUT2D eigenvalue weighted by atomic mass is 32.2. The summed E-state index contributed by atoms with van der Waals surface area (Å²) in [6.45, 7) is 6.06. The van der Waals surface area contributed by atoms with Crippen LogP contribution in [0.2, 0.25) is 0 Å². The van der Waals surface area contributed by atoms with E-state index in [0.29, 0.717) is 6.54 Å². The van der Waals surface area contributed by atoms with Crippen LogP contribution in [-0.4, -0.2) is 41.6 Å². The van der Waals surface area contributed by atoms with Gasteiger partial charge in [-0.15, -0.1) is 11.8 Å². The molecule has 0 saturated carbocycles. The largest absolute Gasteiger partial charge is 0.325 e. The molecule has 1 aliphatic rings. The van der Waals surface area contributed by atoms with Crippen LogP contribution in [0, 0.1) is 19.7 Å². The summed E-state index contributed by atoms with van der Waals surface area (Å²) in [4.78, 5) is 16.8. The molecule has 2 aromatic carbocycles. The molecule has 138 valence electrons. The minimum Gasteiger partial charge on any atom is -0.325 e. The molecule has 1 fully saturated rings. The van der Waals surface area contributed by atoms with E-state index in [1.165, 1.54) is 28.8 Å². The lowest BCUT2D eigenvalue weighted by Crippen LogP contribution is -2.38. The Morgan fingerprint density at radius 3 is 2.69 bits per heavy atom. The second-order valence-electron chi connectivity index (χ2n) is 6.96. The first-order valence-corrected chi connectivity index (χ1v) is 9.90. The predicted molar refractivity (Wildman–Crippen MR) is 106 cm³/mol. The molecule has 0 aromatic heterocycles. The van der Waals surface area contributed by atoms with E-state index in [1.807, 2.05) is 11.9 Å². The van der Waals surface area contributed by atoms with Gasteiger partial charge in [0.25, 0.3) is 0 Å². The molecule has 1 atom stereocenters. The van der Waals surface area contributed by atoms with Crippen molar-refractivity contribution in [3.8, 4) is 0 Å². The van der Waals surface area contributed by atoms with Crippen molar-refractivity contribution in [3.63, 3.8) is 0 Å². The van der Waals surface area contributed by atoms with E-state index in [4.69, 9.17) is 0 Å². The monoisotopic (exact) mass is 372 g/mol. The van der Waals surface area contributed by atoms with Crippen molar-refractivity contribution in [3.05, 3.63) is 70.5 Å². The Balaban J connectivity index is 1.64. The molecule has 0 radical (unpaired) electrons. The third-order valence-electron chi connectivity index (χ3n) is 4.72. The number of amides is 1. The van der Waals surface area contributed by atoms with Gasteiger partial charge in [-0.05, 0) is 49.7 Å². The summed E-state index contributed by atoms with van der Waals surface area (Å²) in [6, 6.07) is 12.9. The second kappa shape index (κ2) is 8.23. The number of carbonyl (C=O) groups is 1. The van der Waals surface area contributed by atoms with Gasteiger partial charge in [0.1, 0.15) is 11.2 Å². The Morgan fingerprint density at radius 1 is 1.23 bits per heavy atom. The number of likely N-dealkylation sites (N-methyl/N-ethyl adjacent to an activating group) is 1. The van der Waals surface area contributed by atoms with E-state index < -0.39 is 0 Å². The number of aryl methyl sites for hydroxylation is 2. The Labute approximate surface area is 159 Å². The number of rotatable bonds is 5. The number of benzene rings is 2. The molecule has 26 heavy (non-hydrogen) atoms. The van der Waals surface area contributed by atoms with Gasteiger partial charge in [-0.25, -0.2) is 4.39 Å². The third-order valence-corrected chi connectivity index (χ3v) is 5.98. The SMILES string of the molecule is Cc1ccc(C)c(CN(C)CC(=O)N2CCS[C@@H]2c2ccc(F)cc2)c1. The Morgan fingerprint density at radius 2 is 1.96 bits per heavy atom. The predicted octanol–water partition coefficient (Wildman–Crippen LogP) is 4.15. The summed E-state index contributed by atoms with van der Waals surface area (Å²) in [6.07, 6.45) is 0.